The van der Waals surface area contributed by atoms with Crippen molar-refractivity contribution in [3.63, 3.8) is 0 Å². The molecule has 14 heavy (non-hydrogen) atoms. The highest BCUT2D eigenvalue weighted by Gasteiger charge is 2.03. The molecule has 0 saturated heterocycles. The molecule has 68 valence electrons. The van der Waals surface area contributed by atoms with Crippen molar-refractivity contribution in [1.82, 2.24) is 9.97 Å². The van der Waals surface area contributed by atoms with Crippen LogP contribution in [0, 0.1) is 18.3 Å². The van der Waals surface area contributed by atoms with Gasteiger partial charge in [0.25, 0.3) is 0 Å². The molecule has 0 bridgehead atoms. The van der Waals surface area contributed by atoms with E-state index in [1.54, 1.807) is 25.1 Å². The number of hydrogen-bond donors (Lipinski definition) is 1. The normalized spacial score (nSPS) is 10.0. The summed E-state index contributed by atoms with van der Waals surface area (Å²) in [5, 5.41) is 9.44. The van der Waals surface area contributed by atoms with E-state index in [1.807, 2.05) is 6.07 Å². The molecule has 0 fully saturated rings. The number of nitrogen functional groups attached to an aromatic ring is 1. The Morgan fingerprint density at radius 2 is 2.14 bits per heavy atom. The zero-order valence-electron chi connectivity index (χ0n) is 7.65. The van der Waals surface area contributed by atoms with Crippen LogP contribution in [0.5, 0.6) is 0 Å². The Labute approximate surface area is 81.0 Å². The number of nitrogens with two attached hydrogens (primary N) is 1. The van der Waals surface area contributed by atoms with Gasteiger partial charge in [0, 0.05) is 5.39 Å². The van der Waals surface area contributed by atoms with Gasteiger partial charge < -0.3 is 5.73 Å². The first-order chi connectivity index (χ1) is 6.70. The molecule has 0 amide bonds. The number of fused-ring (bicyclic) bond motifs is 1. The van der Waals surface area contributed by atoms with Gasteiger partial charge >= 0.3 is 0 Å². The Balaban J connectivity index is 2.84. The summed E-state index contributed by atoms with van der Waals surface area (Å²) in [6, 6.07) is 7.24. The van der Waals surface area contributed by atoms with Gasteiger partial charge in [-0.2, -0.15) is 5.26 Å². The van der Waals surface area contributed by atoms with Gasteiger partial charge in [-0.25, -0.2) is 9.97 Å². The van der Waals surface area contributed by atoms with Gasteiger partial charge in [0.2, 0.25) is 0 Å². The average molecular weight is 184 g/mol. The maximum absolute atomic E-state index is 8.71. The Bertz CT molecular complexity index is 540. The third-order valence-corrected chi connectivity index (χ3v) is 1.97. The molecule has 1 heterocycles. The molecule has 1 aromatic carbocycles. The standard InChI is InChI=1S/C10H8N4/c1-6-13-9-3-2-7(5-11)4-8(9)10(12)14-6/h2-4H,1H3,(H2,12,13,14). The van der Waals surface area contributed by atoms with Gasteiger partial charge in [0.05, 0.1) is 17.1 Å². The lowest BCUT2D eigenvalue weighted by molar-refractivity contribution is 1.10. The molecule has 0 saturated carbocycles. The summed E-state index contributed by atoms with van der Waals surface area (Å²) in [4.78, 5) is 8.25. The minimum Gasteiger partial charge on any atom is -0.383 e. The summed E-state index contributed by atoms with van der Waals surface area (Å²) in [6.07, 6.45) is 0. The minimum absolute atomic E-state index is 0.421. The highest BCUT2D eigenvalue weighted by molar-refractivity contribution is 5.88. The highest BCUT2D eigenvalue weighted by Crippen LogP contribution is 2.18. The molecule has 0 spiro atoms. The summed E-state index contributed by atoms with van der Waals surface area (Å²) in [5.74, 6) is 1.06. The maximum Gasteiger partial charge on any atom is 0.135 e. The van der Waals surface area contributed by atoms with Crippen molar-refractivity contribution in [1.29, 1.82) is 5.26 Å². The first-order valence-electron chi connectivity index (χ1n) is 4.14. The number of nitriles is 1. The molecule has 0 aliphatic carbocycles. The van der Waals surface area contributed by atoms with Gasteiger partial charge in [-0.15, -0.1) is 0 Å². The van der Waals surface area contributed by atoms with Gasteiger partial charge in [-0.3, -0.25) is 0 Å². The molecule has 2 aromatic rings. The van der Waals surface area contributed by atoms with Crippen molar-refractivity contribution in [2.45, 2.75) is 6.92 Å². The van der Waals surface area contributed by atoms with Crippen molar-refractivity contribution in [3.8, 4) is 6.07 Å². The van der Waals surface area contributed by atoms with E-state index in [2.05, 4.69) is 9.97 Å². The summed E-state index contributed by atoms with van der Waals surface area (Å²) in [5.41, 5.74) is 7.06. The highest BCUT2D eigenvalue weighted by atomic mass is 14.9. The zero-order chi connectivity index (χ0) is 10.1. The second-order valence-corrected chi connectivity index (χ2v) is 3.00. The first kappa shape index (κ1) is 8.45. The minimum atomic E-state index is 0.421. The maximum atomic E-state index is 8.71. The fraction of sp³-hybridized carbons (Fsp3) is 0.100. The number of rotatable bonds is 0. The van der Waals surface area contributed by atoms with Crippen molar-refractivity contribution in [2.75, 3.05) is 5.73 Å². The van der Waals surface area contributed by atoms with E-state index < -0.39 is 0 Å². The Hall–Kier alpha value is -2.15. The molecule has 4 nitrogen and oxygen atoms in total. The molecule has 0 unspecified atom stereocenters. The Morgan fingerprint density at radius 3 is 2.86 bits per heavy atom. The molecule has 2 rings (SSSR count). The van der Waals surface area contributed by atoms with Crippen LogP contribution in [0.25, 0.3) is 10.9 Å². The fourth-order valence-electron chi connectivity index (χ4n) is 1.34. The number of anilines is 1. The zero-order valence-corrected chi connectivity index (χ0v) is 7.65. The van der Waals surface area contributed by atoms with Crippen molar-refractivity contribution in [3.05, 3.63) is 29.6 Å². The van der Waals surface area contributed by atoms with E-state index in [0.29, 0.717) is 17.2 Å². The number of nitrogens with zero attached hydrogens (tertiary/aromatic N) is 3. The van der Waals surface area contributed by atoms with Gasteiger partial charge in [0.15, 0.2) is 0 Å². The van der Waals surface area contributed by atoms with E-state index >= 15 is 0 Å². The van der Waals surface area contributed by atoms with Crippen LogP contribution in [0.2, 0.25) is 0 Å². The predicted molar refractivity (Wildman–Crippen MR) is 53.4 cm³/mol. The van der Waals surface area contributed by atoms with Gasteiger partial charge in [-0.1, -0.05) is 0 Å². The molecule has 0 aliphatic rings. The van der Waals surface area contributed by atoms with Crippen LogP contribution < -0.4 is 5.73 Å². The number of benzene rings is 1. The number of aromatic nitrogens is 2. The molecule has 0 aliphatic heterocycles. The summed E-state index contributed by atoms with van der Waals surface area (Å²) < 4.78 is 0. The van der Waals surface area contributed by atoms with Crippen molar-refractivity contribution in [2.24, 2.45) is 0 Å². The van der Waals surface area contributed by atoms with Crippen molar-refractivity contribution < 1.29 is 0 Å². The smallest absolute Gasteiger partial charge is 0.135 e. The van der Waals surface area contributed by atoms with Crippen molar-refractivity contribution >= 4 is 16.7 Å². The van der Waals surface area contributed by atoms with Crippen LogP contribution >= 0.6 is 0 Å². The third kappa shape index (κ3) is 1.25. The van der Waals surface area contributed by atoms with Gasteiger partial charge in [-0.05, 0) is 25.1 Å². The van der Waals surface area contributed by atoms with Crippen LogP contribution in [0.1, 0.15) is 11.4 Å². The lowest BCUT2D eigenvalue weighted by Crippen LogP contribution is -1.97. The topological polar surface area (TPSA) is 75.6 Å². The van der Waals surface area contributed by atoms with E-state index in [-0.39, 0.29) is 0 Å². The number of hydrogen-bond acceptors (Lipinski definition) is 4. The third-order valence-electron chi connectivity index (χ3n) is 1.97. The fourth-order valence-corrected chi connectivity index (χ4v) is 1.34. The lowest BCUT2D eigenvalue weighted by Gasteiger charge is -2.01. The SMILES string of the molecule is Cc1nc(N)c2cc(C#N)ccc2n1. The molecule has 2 N–H and O–H groups in total. The molecular formula is C10H8N4. The monoisotopic (exact) mass is 184 g/mol. The summed E-state index contributed by atoms with van der Waals surface area (Å²) >= 11 is 0. The van der Waals surface area contributed by atoms with Crippen LogP contribution in [-0.4, -0.2) is 9.97 Å². The second kappa shape index (κ2) is 2.96. The van der Waals surface area contributed by atoms with Crippen LogP contribution in [0.4, 0.5) is 5.82 Å². The molecule has 4 heteroatoms. The van der Waals surface area contributed by atoms with Crippen LogP contribution in [0.3, 0.4) is 0 Å². The molecule has 1 aromatic heterocycles. The van der Waals surface area contributed by atoms with Crippen LogP contribution in [-0.2, 0) is 0 Å². The largest absolute Gasteiger partial charge is 0.383 e. The Kier molecular flexibility index (Phi) is 1.79. The second-order valence-electron chi connectivity index (χ2n) is 3.00. The molecule has 0 atom stereocenters. The lowest BCUT2D eigenvalue weighted by atomic mass is 10.1. The van der Waals surface area contributed by atoms with Crippen LogP contribution in [0.15, 0.2) is 18.2 Å². The van der Waals surface area contributed by atoms with E-state index in [1.165, 1.54) is 0 Å². The average Bonchev–Trinajstić information content (AvgIpc) is 2.17. The first-order valence-corrected chi connectivity index (χ1v) is 4.14. The van der Waals surface area contributed by atoms with E-state index in [0.717, 1.165) is 10.9 Å². The van der Waals surface area contributed by atoms with E-state index in [9.17, 15) is 0 Å². The van der Waals surface area contributed by atoms with Gasteiger partial charge in [0.1, 0.15) is 11.6 Å². The molecule has 0 radical (unpaired) electrons. The quantitative estimate of drug-likeness (QED) is 0.671. The summed E-state index contributed by atoms with van der Waals surface area (Å²) in [7, 11) is 0. The Morgan fingerprint density at radius 1 is 1.36 bits per heavy atom. The van der Waals surface area contributed by atoms with E-state index in [4.69, 9.17) is 11.0 Å². The number of aryl methyl sites for hydroxylation is 1. The molecular weight excluding hydrogens is 176 g/mol. The summed E-state index contributed by atoms with van der Waals surface area (Å²) in [6.45, 7) is 1.79. The predicted octanol–water partition coefficient (Wildman–Crippen LogP) is 1.39.